The summed E-state index contributed by atoms with van der Waals surface area (Å²) < 4.78 is 24.9. The third-order valence-corrected chi connectivity index (χ3v) is 2.29. The van der Waals surface area contributed by atoms with Crippen molar-refractivity contribution in [3.63, 3.8) is 0 Å². The van der Waals surface area contributed by atoms with Gasteiger partial charge < -0.3 is 10.4 Å². The Morgan fingerprint density at radius 1 is 1.44 bits per heavy atom. The zero-order valence-electron chi connectivity index (χ0n) is 8.78. The van der Waals surface area contributed by atoms with Crippen LogP contribution >= 0.6 is 0 Å². The van der Waals surface area contributed by atoms with E-state index in [1.54, 1.807) is 13.1 Å². The van der Waals surface area contributed by atoms with Crippen molar-refractivity contribution >= 4 is 5.97 Å². The molecule has 1 unspecified atom stereocenters. The summed E-state index contributed by atoms with van der Waals surface area (Å²) in [4.78, 5) is 10.6. The Hall–Kier alpha value is -1.49. The van der Waals surface area contributed by atoms with Crippen LogP contribution in [0.25, 0.3) is 0 Å². The van der Waals surface area contributed by atoms with Gasteiger partial charge in [0.1, 0.15) is 0 Å². The second kappa shape index (κ2) is 5.55. The molecule has 0 aliphatic heterocycles. The lowest BCUT2D eigenvalue weighted by Gasteiger charge is -2.15. The molecule has 3 nitrogen and oxygen atoms in total. The quantitative estimate of drug-likeness (QED) is 0.814. The molecule has 0 aromatic heterocycles. The average molecular weight is 229 g/mol. The van der Waals surface area contributed by atoms with Crippen molar-refractivity contribution in [2.24, 2.45) is 0 Å². The van der Waals surface area contributed by atoms with Gasteiger partial charge in [-0.15, -0.1) is 0 Å². The molecule has 0 aliphatic carbocycles. The van der Waals surface area contributed by atoms with Crippen LogP contribution in [0.2, 0.25) is 0 Å². The molecule has 88 valence electrons. The molecule has 0 saturated heterocycles. The summed E-state index contributed by atoms with van der Waals surface area (Å²) in [7, 11) is 1.60. The molecule has 1 atom stereocenters. The minimum Gasteiger partial charge on any atom is -0.481 e. The van der Waals surface area contributed by atoms with E-state index in [4.69, 9.17) is 5.11 Å². The van der Waals surface area contributed by atoms with Crippen LogP contribution in [0.5, 0.6) is 0 Å². The molecule has 0 radical (unpaired) electrons. The van der Waals surface area contributed by atoms with Gasteiger partial charge in [0.2, 0.25) is 0 Å². The van der Waals surface area contributed by atoms with E-state index < -0.39 is 18.4 Å². The Labute approximate surface area is 92.1 Å². The van der Waals surface area contributed by atoms with Crippen molar-refractivity contribution in [1.82, 2.24) is 5.32 Å². The zero-order valence-corrected chi connectivity index (χ0v) is 8.78. The topological polar surface area (TPSA) is 49.3 Å². The molecule has 0 saturated carbocycles. The molecule has 0 amide bonds. The van der Waals surface area contributed by atoms with E-state index in [0.717, 1.165) is 0 Å². The molecule has 0 bridgehead atoms. The smallest absolute Gasteiger partial charge is 0.305 e. The monoisotopic (exact) mass is 229 g/mol. The van der Waals surface area contributed by atoms with Gasteiger partial charge in [0, 0.05) is 11.6 Å². The predicted octanol–water partition coefficient (Wildman–Crippen LogP) is 2.36. The molecule has 5 heteroatoms. The second-order valence-corrected chi connectivity index (χ2v) is 3.41. The van der Waals surface area contributed by atoms with Crippen molar-refractivity contribution in [2.75, 3.05) is 7.05 Å². The maximum atomic E-state index is 12.4. The molecule has 1 aromatic carbocycles. The minimum absolute atomic E-state index is 0.0943. The van der Waals surface area contributed by atoms with Crippen LogP contribution in [0.4, 0.5) is 8.78 Å². The number of halogens is 2. The van der Waals surface area contributed by atoms with Crippen LogP contribution in [-0.4, -0.2) is 18.1 Å². The standard InChI is InChI=1S/C11H13F2NO2/c1-14-9(6-10(15)16)7-3-2-4-8(5-7)11(12)13/h2-5,9,11,14H,6H2,1H3,(H,15,16). The van der Waals surface area contributed by atoms with Crippen molar-refractivity contribution in [3.05, 3.63) is 35.4 Å². The number of aliphatic carboxylic acids is 1. The van der Waals surface area contributed by atoms with Crippen LogP contribution in [0, 0.1) is 0 Å². The van der Waals surface area contributed by atoms with E-state index in [0.29, 0.717) is 5.56 Å². The number of carboxylic acid groups (broad SMARTS) is 1. The fraction of sp³-hybridized carbons (Fsp3) is 0.364. The number of rotatable bonds is 5. The number of hydrogen-bond donors (Lipinski definition) is 2. The first-order chi connectivity index (χ1) is 7.54. The largest absolute Gasteiger partial charge is 0.481 e. The maximum absolute atomic E-state index is 12.4. The Bertz CT molecular complexity index is 369. The molecule has 16 heavy (non-hydrogen) atoms. The van der Waals surface area contributed by atoms with Gasteiger partial charge >= 0.3 is 5.97 Å². The summed E-state index contributed by atoms with van der Waals surface area (Å²) in [6.45, 7) is 0. The number of carbonyl (C=O) groups is 1. The molecular weight excluding hydrogens is 216 g/mol. The van der Waals surface area contributed by atoms with Gasteiger partial charge in [-0.1, -0.05) is 18.2 Å². The number of carboxylic acids is 1. The molecule has 1 rings (SSSR count). The first kappa shape index (κ1) is 12.6. The van der Waals surface area contributed by atoms with E-state index in [1.807, 2.05) is 0 Å². The van der Waals surface area contributed by atoms with E-state index in [9.17, 15) is 13.6 Å². The van der Waals surface area contributed by atoms with Crippen LogP contribution in [0.3, 0.4) is 0 Å². The van der Waals surface area contributed by atoms with Gasteiger partial charge in [-0.2, -0.15) is 0 Å². The lowest BCUT2D eigenvalue weighted by atomic mass is 10.0. The fourth-order valence-corrected chi connectivity index (χ4v) is 1.47. The molecule has 0 fully saturated rings. The Balaban J connectivity index is 2.92. The van der Waals surface area contributed by atoms with Gasteiger partial charge in [0.15, 0.2) is 0 Å². The lowest BCUT2D eigenvalue weighted by Crippen LogP contribution is -2.19. The molecule has 0 aliphatic rings. The Kier molecular flexibility index (Phi) is 4.37. The summed E-state index contributed by atoms with van der Waals surface area (Å²) in [6, 6.07) is 5.34. The van der Waals surface area contributed by atoms with Crippen LogP contribution in [-0.2, 0) is 4.79 Å². The van der Waals surface area contributed by atoms with E-state index in [2.05, 4.69) is 5.32 Å². The number of nitrogens with one attached hydrogen (secondary N) is 1. The fourth-order valence-electron chi connectivity index (χ4n) is 1.47. The van der Waals surface area contributed by atoms with Gasteiger partial charge in [-0.25, -0.2) is 8.78 Å². The molecular formula is C11H13F2NO2. The normalized spacial score (nSPS) is 12.8. The first-order valence-corrected chi connectivity index (χ1v) is 4.81. The predicted molar refractivity (Wildman–Crippen MR) is 55.5 cm³/mol. The zero-order chi connectivity index (χ0) is 12.1. The van der Waals surface area contributed by atoms with Gasteiger partial charge in [0.05, 0.1) is 6.42 Å². The van der Waals surface area contributed by atoms with E-state index in [1.165, 1.54) is 18.2 Å². The first-order valence-electron chi connectivity index (χ1n) is 4.81. The third-order valence-electron chi connectivity index (χ3n) is 2.29. The highest BCUT2D eigenvalue weighted by molar-refractivity contribution is 5.68. The summed E-state index contributed by atoms with van der Waals surface area (Å²) in [6.07, 6.45) is -2.68. The Morgan fingerprint density at radius 2 is 2.06 bits per heavy atom. The minimum atomic E-state index is -2.54. The molecule has 1 aromatic rings. The van der Waals surface area contributed by atoms with Crippen molar-refractivity contribution in [2.45, 2.75) is 18.9 Å². The highest BCUT2D eigenvalue weighted by atomic mass is 19.3. The van der Waals surface area contributed by atoms with Gasteiger partial charge in [-0.3, -0.25) is 4.79 Å². The summed E-state index contributed by atoms with van der Waals surface area (Å²) in [5, 5.41) is 11.5. The molecule has 2 N–H and O–H groups in total. The Morgan fingerprint density at radius 3 is 2.56 bits per heavy atom. The highest BCUT2D eigenvalue weighted by Gasteiger charge is 2.15. The maximum Gasteiger partial charge on any atom is 0.305 e. The van der Waals surface area contributed by atoms with E-state index in [-0.39, 0.29) is 12.0 Å². The number of alkyl halides is 2. The highest BCUT2D eigenvalue weighted by Crippen LogP contribution is 2.23. The number of benzene rings is 1. The lowest BCUT2D eigenvalue weighted by molar-refractivity contribution is -0.137. The summed E-state index contributed by atoms with van der Waals surface area (Å²) in [5.74, 6) is -0.971. The summed E-state index contributed by atoms with van der Waals surface area (Å²) in [5.41, 5.74) is 0.464. The van der Waals surface area contributed by atoms with Crippen molar-refractivity contribution in [1.29, 1.82) is 0 Å². The molecule has 0 spiro atoms. The van der Waals surface area contributed by atoms with Crippen molar-refractivity contribution < 1.29 is 18.7 Å². The second-order valence-electron chi connectivity index (χ2n) is 3.41. The van der Waals surface area contributed by atoms with Gasteiger partial charge in [0.25, 0.3) is 6.43 Å². The van der Waals surface area contributed by atoms with Crippen molar-refractivity contribution in [3.8, 4) is 0 Å². The summed E-state index contributed by atoms with van der Waals surface area (Å²) >= 11 is 0. The van der Waals surface area contributed by atoms with Crippen LogP contribution in [0.15, 0.2) is 24.3 Å². The van der Waals surface area contributed by atoms with Crippen LogP contribution in [0.1, 0.15) is 30.0 Å². The van der Waals surface area contributed by atoms with Gasteiger partial charge in [-0.05, 0) is 18.7 Å². The van der Waals surface area contributed by atoms with Crippen LogP contribution < -0.4 is 5.32 Å². The van der Waals surface area contributed by atoms with E-state index >= 15 is 0 Å². The third kappa shape index (κ3) is 3.27. The SMILES string of the molecule is CNC(CC(=O)O)c1cccc(C(F)F)c1. The number of hydrogen-bond acceptors (Lipinski definition) is 2. The average Bonchev–Trinajstić information content (AvgIpc) is 2.25. The molecule has 0 heterocycles.